The molecule has 1 amide bonds. The number of carbonyl (C=O) groups is 1. The van der Waals surface area contributed by atoms with Crippen molar-refractivity contribution in [2.75, 3.05) is 24.5 Å². The van der Waals surface area contributed by atoms with Crippen LogP contribution in [0.5, 0.6) is 0 Å². The number of fused-ring (bicyclic) bond motifs is 1. The first-order valence-electron chi connectivity index (χ1n) is 8.83. The molecular formula is C20H20ClN3OS. The van der Waals surface area contributed by atoms with E-state index >= 15 is 0 Å². The molecule has 1 aliphatic rings. The number of aromatic nitrogens is 1. The summed E-state index contributed by atoms with van der Waals surface area (Å²) in [7, 11) is 0. The number of carbonyl (C=O) groups excluding carboxylic acids is 1. The van der Waals surface area contributed by atoms with Gasteiger partial charge in [-0.2, -0.15) is 0 Å². The maximum absolute atomic E-state index is 12.2. The molecule has 0 unspecified atom stereocenters. The Labute approximate surface area is 161 Å². The molecule has 0 bridgehead atoms. The fourth-order valence-electron chi connectivity index (χ4n) is 3.26. The lowest BCUT2D eigenvalue weighted by Crippen LogP contribution is -2.38. The molecule has 0 aliphatic carbocycles. The number of benzene rings is 2. The third-order valence-corrected chi connectivity index (χ3v) is 6.17. The Morgan fingerprint density at radius 1 is 1.15 bits per heavy atom. The van der Waals surface area contributed by atoms with E-state index in [9.17, 15) is 4.79 Å². The second kappa shape index (κ2) is 7.64. The number of rotatable bonds is 4. The quantitative estimate of drug-likeness (QED) is 0.714. The number of para-hydroxylation sites is 1. The van der Waals surface area contributed by atoms with Crippen LogP contribution in [0.1, 0.15) is 23.2 Å². The third kappa shape index (κ3) is 3.84. The number of anilines is 1. The second-order valence-electron chi connectivity index (χ2n) is 6.61. The standard InChI is InChI=1S/C20H20ClN3OS/c21-16-7-5-15(6-8-16)19(25)22-13-14-9-11-24(12-10-14)20-23-17-3-1-2-4-18(17)26-20/h1-8,14H,9-13H2,(H,22,25). The maximum atomic E-state index is 12.2. The van der Waals surface area contributed by atoms with Crippen LogP contribution in [0.4, 0.5) is 5.13 Å². The summed E-state index contributed by atoms with van der Waals surface area (Å²) in [5, 5.41) is 4.80. The first-order valence-corrected chi connectivity index (χ1v) is 10.0. The van der Waals surface area contributed by atoms with Crippen LogP contribution in [0, 0.1) is 5.92 Å². The average Bonchev–Trinajstić information content (AvgIpc) is 3.11. The van der Waals surface area contributed by atoms with Crippen molar-refractivity contribution >= 4 is 44.2 Å². The summed E-state index contributed by atoms with van der Waals surface area (Å²) >= 11 is 7.62. The van der Waals surface area contributed by atoms with E-state index < -0.39 is 0 Å². The molecule has 1 aliphatic heterocycles. The molecule has 0 spiro atoms. The van der Waals surface area contributed by atoms with E-state index in [0.29, 0.717) is 16.5 Å². The Morgan fingerprint density at radius 3 is 2.62 bits per heavy atom. The van der Waals surface area contributed by atoms with Gasteiger partial charge in [-0.1, -0.05) is 35.1 Å². The van der Waals surface area contributed by atoms with Gasteiger partial charge in [0.2, 0.25) is 0 Å². The molecule has 0 radical (unpaired) electrons. The zero-order valence-electron chi connectivity index (χ0n) is 14.3. The van der Waals surface area contributed by atoms with Crippen LogP contribution in [-0.4, -0.2) is 30.5 Å². The summed E-state index contributed by atoms with van der Waals surface area (Å²) in [6.45, 7) is 2.69. The summed E-state index contributed by atoms with van der Waals surface area (Å²) < 4.78 is 1.24. The van der Waals surface area contributed by atoms with Crippen LogP contribution in [0.15, 0.2) is 48.5 Å². The molecule has 134 valence electrons. The van der Waals surface area contributed by atoms with Gasteiger partial charge < -0.3 is 10.2 Å². The Kier molecular flexibility index (Phi) is 5.09. The van der Waals surface area contributed by atoms with Crippen molar-refractivity contribution in [2.24, 2.45) is 5.92 Å². The number of halogens is 1. The molecule has 6 heteroatoms. The van der Waals surface area contributed by atoms with Crippen molar-refractivity contribution in [1.82, 2.24) is 10.3 Å². The Bertz CT molecular complexity index is 868. The van der Waals surface area contributed by atoms with Crippen molar-refractivity contribution < 1.29 is 4.79 Å². The van der Waals surface area contributed by atoms with E-state index in [4.69, 9.17) is 16.6 Å². The largest absolute Gasteiger partial charge is 0.352 e. The first kappa shape index (κ1) is 17.3. The lowest BCUT2D eigenvalue weighted by atomic mass is 9.97. The van der Waals surface area contributed by atoms with Gasteiger partial charge in [0.1, 0.15) is 0 Å². The fraction of sp³-hybridized carbons (Fsp3) is 0.300. The SMILES string of the molecule is O=C(NCC1CCN(c2nc3ccccc3s2)CC1)c1ccc(Cl)cc1. The molecule has 0 saturated carbocycles. The zero-order chi connectivity index (χ0) is 17.9. The number of hydrogen-bond acceptors (Lipinski definition) is 4. The number of amides is 1. The van der Waals surface area contributed by atoms with Crippen molar-refractivity contribution in [3.05, 3.63) is 59.1 Å². The monoisotopic (exact) mass is 385 g/mol. The highest BCUT2D eigenvalue weighted by atomic mass is 35.5. The minimum atomic E-state index is -0.0322. The summed E-state index contributed by atoms with van der Waals surface area (Å²) in [6, 6.07) is 15.3. The van der Waals surface area contributed by atoms with E-state index in [0.717, 1.165) is 43.1 Å². The van der Waals surface area contributed by atoms with Crippen molar-refractivity contribution in [1.29, 1.82) is 0 Å². The fourth-order valence-corrected chi connectivity index (χ4v) is 4.41. The molecule has 26 heavy (non-hydrogen) atoms. The van der Waals surface area contributed by atoms with Crippen LogP contribution < -0.4 is 10.2 Å². The second-order valence-corrected chi connectivity index (χ2v) is 8.06. The van der Waals surface area contributed by atoms with E-state index in [1.54, 1.807) is 35.6 Å². The van der Waals surface area contributed by atoms with Gasteiger partial charge in [0.25, 0.3) is 5.91 Å². The highest BCUT2D eigenvalue weighted by molar-refractivity contribution is 7.22. The molecule has 2 aromatic carbocycles. The zero-order valence-corrected chi connectivity index (χ0v) is 15.9. The molecule has 1 N–H and O–H groups in total. The Morgan fingerprint density at radius 2 is 1.88 bits per heavy atom. The molecule has 0 atom stereocenters. The molecule has 4 nitrogen and oxygen atoms in total. The van der Waals surface area contributed by atoms with E-state index in [-0.39, 0.29) is 5.91 Å². The number of hydrogen-bond donors (Lipinski definition) is 1. The van der Waals surface area contributed by atoms with Gasteiger partial charge in [-0.15, -0.1) is 0 Å². The molecular weight excluding hydrogens is 366 g/mol. The molecule has 4 rings (SSSR count). The predicted molar refractivity (Wildman–Crippen MR) is 108 cm³/mol. The van der Waals surface area contributed by atoms with Crippen LogP contribution >= 0.6 is 22.9 Å². The number of thiazole rings is 1. The number of nitrogens with one attached hydrogen (secondary N) is 1. The van der Waals surface area contributed by atoms with E-state index in [1.165, 1.54) is 4.70 Å². The van der Waals surface area contributed by atoms with E-state index in [2.05, 4.69) is 28.4 Å². The van der Waals surface area contributed by atoms with Gasteiger partial charge in [0.15, 0.2) is 5.13 Å². The van der Waals surface area contributed by atoms with Crippen LogP contribution in [0.25, 0.3) is 10.2 Å². The molecule has 3 aromatic rings. The maximum Gasteiger partial charge on any atom is 0.251 e. The van der Waals surface area contributed by atoms with Crippen molar-refractivity contribution in [3.63, 3.8) is 0 Å². The minimum Gasteiger partial charge on any atom is -0.352 e. The average molecular weight is 386 g/mol. The lowest BCUT2D eigenvalue weighted by molar-refractivity contribution is 0.0945. The topological polar surface area (TPSA) is 45.2 Å². The van der Waals surface area contributed by atoms with Gasteiger partial charge in [0.05, 0.1) is 10.2 Å². The van der Waals surface area contributed by atoms with Gasteiger partial charge in [-0.05, 0) is 55.2 Å². The van der Waals surface area contributed by atoms with Crippen molar-refractivity contribution in [3.8, 4) is 0 Å². The Balaban J connectivity index is 1.29. The molecule has 2 heterocycles. The summed E-state index contributed by atoms with van der Waals surface area (Å²) in [5.41, 5.74) is 1.73. The number of nitrogens with zero attached hydrogens (tertiary/aromatic N) is 2. The normalized spacial score (nSPS) is 15.3. The first-order chi connectivity index (χ1) is 12.7. The van der Waals surface area contributed by atoms with Crippen LogP contribution in [0.2, 0.25) is 5.02 Å². The van der Waals surface area contributed by atoms with Crippen LogP contribution in [-0.2, 0) is 0 Å². The molecule has 1 fully saturated rings. The lowest BCUT2D eigenvalue weighted by Gasteiger charge is -2.31. The minimum absolute atomic E-state index is 0.0322. The summed E-state index contributed by atoms with van der Waals surface area (Å²) in [4.78, 5) is 19.3. The van der Waals surface area contributed by atoms with Crippen molar-refractivity contribution in [2.45, 2.75) is 12.8 Å². The summed E-state index contributed by atoms with van der Waals surface area (Å²) in [6.07, 6.45) is 2.13. The predicted octanol–water partition coefficient (Wildman–Crippen LogP) is 4.60. The van der Waals surface area contributed by atoms with Gasteiger partial charge >= 0.3 is 0 Å². The molecule has 1 saturated heterocycles. The van der Waals surface area contributed by atoms with Crippen LogP contribution in [0.3, 0.4) is 0 Å². The van der Waals surface area contributed by atoms with E-state index in [1.807, 2.05) is 6.07 Å². The third-order valence-electron chi connectivity index (χ3n) is 4.83. The van der Waals surface area contributed by atoms with Gasteiger partial charge in [0, 0.05) is 30.2 Å². The highest BCUT2D eigenvalue weighted by Gasteiger charge is 2.22. The van der Waals surface area contributed by atoms with Gasteiger partial charge in [-0.25, -0.2) is 4.98 Å². The smallest absolute Gasteiger partial charge is 0.251 e. The number of piperidine rings is 1. The Hall–Kier alpha value is -2.11. The molecule has 1 aromatic heterocycles. The highest BCUT2D eigenvalue weighted by Crippen LogP contribution is 2.31. The van der Waals surface area contributed by atoms with Gasteiger partial charge in [-0.3, -0.25) is 4.79 Å². The summed E-state index contributed by atoms with van der Waals surface area (Å²) in [5.74, 6) is 0.479.